The number of rotatable bonds is 6. The smallest absolute Gasteiger partial charge is 0.312 e. The molecule has 0 aliphatic rings. The molecule has 1 unspecified atom stereocenters. The minimum absolute atomic E-state index is 0.0244. The molecule has 156 valence electrons. The van der Waals surface area contributed by atoms with E-state index in [0.29, 0.717) is 11.5 Å². The van der Waals surface area contributed by atoms with Crippen molar-refractivity contribution in [3.05, 3.63) is 117 Å². The molecule has 31 heavy (non-hydrogen) atoms. The number of halogens is 1. The lowest BCUT2D eigenvalue weighted by Crippen LogP contribution is -2.29. The van der Waals surface area contributed by atoms with E-state index < -0.39 is 11.6 Å². The first kappa shape index (κ1) is 20.7. The number of hydrogen-bond acceptors (Lipinski definition) is 4. The quantitative estimate of drug-likeness (QED) is 0.395. The van der Waals surface area contributed by atoms with Crippen molar-refractivity contribution in [1.82, 2.24) is 9.78 Å². The van der Waals surface area contributed by atoms with E-state index in [1.54, 1.807) is 31.4 Å². The summed E-state index contributed by atoms with van der Waals surface area (Å²) in [5, 5.41) is 4.52. The number of hydrogen-bond donors (Lipinski definition) is 0. The van der Waals surface area contributed by atoms with Crippen molar-refractivity contribution in [2.24, 2.45) is 0 Å². The maximum absolute atomic E-state index is 13.5. The molecule has 0 spiro atoms. The second-order valence-corrected chi connectivity index (χ2v) is 7.43. The third kappa shape index (κ3) is 4.32. The van der Waals surface area contributed by atoms with Gasteiger partial charge in [0.25, 0.3) is 0 Å². The van der Waals surface area contributed by atoms with Crippen LogP contribution in [0.4, 0.5) is 0 Å². The first-order chi connectivity index (χ1) is 15.1. The Bertz CT molecular complexity index is 1240. The lowest BCUT2D eigenvalue weighted by Gasteiger charge is -2.22. The summed E-state index contributed by atoms with van der Waals surface area (Å²) in [6, 6.07) is 24.2. The Kier molecular flexibility index (Phi) is 6.05. The molecule has 0 saturated heterocycles. The van der Waals surface area contributed by atoms with Crippen LogP contribution in [0.15, 0.2) is 89.9 Å². The highest BCUT2D eigenvalue weighted by Gasteiger charge is 2.23. The summed E-state index contributed by atoms with van der Waals surface area (Å²) in [6.07, 6.45) is 1.44. The molecule has 1 atom stereocenters. The topological polar surface area (TPSA) is 53.4 Å². The third-order valence-corrected chi connectivity index (χ3v) is 5.31. The fourth-order valence-electron chi connectivity index (χ4n) is 3.45. The third-order valence-electron chi connectivity index (χ3n) is 5.04. The van der Waals surface area contributed by atoms with Crippen LogP contribution in [0.1, 0.15) is 22.7 Å². The normalized spacial score (nSPS) is 11.7. The molecule has 0 saturated carbocycles. The molecule has 4 aromatic rings. The van der Waals surface area contributed by atoms with Gasteiger partial charge in [0.05, 0.1) is 13.3 Å². The summed E-state index contributed by atoms with van der Waals surface area (Å²) in [5.41, 5.74) is 2.54. The lowest BCUT2D eigenvalue weighted by molar-refractivity contribution is 0.412. The van der Waals surface area contributed by atoms with Gasteiger partial charge in [-0.05, 0) is 47.9 Å². The number of benzene rings is 3. The first-order valence-electron chi connectivity index (χ1n) is 9.78. The van der Waals surface area contributed by atoms with Gasteiger partial charge in [-0.1, -0.05) is 66.2 Å². The van der Waals surface area contributed by atoms with Crippen molar-refractivity contribution >= 4 is 11.6 Å². The van der Waals surface area contributed by atoms with Gasteiger partial charge in [0.2, 0.25) is 5.75 Å². The summed E-state index contributed by atoms with van der Waals surface area (Å²) in [4.78, 5) is 13.5. The molecule has 0 bridgehead atoms. The van der Waals surface area contributed by atoms with Crippen LogP contribution in [0.5, 0.6) is 17.2 Å². The van der Waals surface area contributed by atoms with Crippen LogP contribution in [0.3, 0.4) is 0 Å². The summed E-state index contributed by atoms with van der Waals surface area (Å²) < 4.78 is 12.5. The Labute approximate surface area is 185 Å². The highest BCUT2D eigenvalue weighted by Crippen LogP contribution is 2.31. The zero-order valence-electron chi connectivity index (χ0n) is 17.2. The Hall–Kier alpha value is -3.57. The van der Waals surface area contributed by atoms with Crippen LogP contribution in [-0.4, -0.2) is 16.9 Å². The van der Waals surface area contributed by atoms with Gasteiger partial charge >= 0.3 is 5.56 Å². The number of methoxy groups -OCH3 is 1. The summed E-state index contributed by atoms with van der Waals surface area (Å²) in [5.74, 6) is 1.19. The minimum atomic E-state index is -0.426. The van der Waals surface area contributed by atoms with Gasteiger partial charge in [-0.25, -0.2) is 4.68 Å². The van der Waals surface area contributed by atoms with E-state index in [0.717, 1.165) is 16.7 Å². The summed E-state index contributed by atoms with van der Waals surface area (Å²) >= 11 is 6.31. The van der Waals surface area contributed by atoms with Crippen LogP contribution in [0, 0.1) is 6.92 Å². The van der Waals surface area contributed by atoms with Crippen molar-refractivity contribution in [2.45, 2.75) is 13.0 Å². The van der Waals surface area contributed by atoms with E-state index in [2.05, 4.69) is 5.10 Å². The van der Waals surface area contributed by atoms with E-state index >= 15 is 0 Å². The number of aromatic nitrogens is 2. The first-order valence-corrected chi connectivity index (χ1v) is 10.2. The van der Waals surface area contributed by atoms with Crippen LogP contribution >= 0.6 is 11.6 Å². The molecule has 0 aliphatic carbocycles. The molecule has 0 aliphatic heterocycles. The molecule has 0 radical (unpaired) electrons. The maximum Gasteiger partial charge on any atom is 0.312 e. The fourth-order valence-corrected chi connectivity index (χ4v) is 3.61. The minimum Gasteiger partial charge on any atom is -0.497 e. The SMILES string of the molecule is COc1ccc(Oc2c(Cl)cnn(C(c3ccccc3)c3ccccc3C)c2=O)cc1. The molecule has 0 N–H and O–H groups in total. The zero-order valence-corrected chi connectivity index (χ0v) is 17.9. The molecular formula is C25H21ClN2O3. The van der Waals surface area contributed by atoms with E-state index in [4.69, 9.17) is 21.1 Å². The molecule has 4 rings (SSSR count). The number of ether oxygens (including phenoxy) is 2. The highest BCUT2D eigenvalue weighted by atomic mass is 35.5. The molecule has 3 aromatic carbocycles. The van der Waals surface area contributed by atoms with Crippen LogP contribution in [-0.2, 0) is 0 Å². The zero-order chi connectivity index (χ0) is 21.8. The van der Waals surface area contributed by atoms with Gasteiger partial charge in [-0.3, -0.25) is 4.79 Å². The average molecular weight is 433 g/mol. The molecule has 0 amide bonds. The van der Waals surface area contributed by atoms with Crippen molar-refractivity contribution in [3.63, 3.8) is 0 Å². The number of aryl methyl sites for hydroxylation is 1. The van der Waals surface area contributed by atoms with Gasteiger partial charge in [0, 0.05) is 0 Å². The van der Waals surface area contributed by atoms with Gasteiger partial charge < -0.3 is 9.47 Å². The van der Waals surface area contributed by atoms with E-state index in [9.17, 15) is 4.79 Å². The summed E-state index contributed by atoms with van der Waals surface area (Å²) in [7, 11) is 1.59. The van der Waals surface area contributed by atoms with Gasteiger partial charge in [-0.2, -0.15) is 5.10 Å². The van der Waals surface area contributed by atoms with Gasteiger partial charge in [0.1, 0.15) is 22.6 Å². The second-order valence-electron chi connectivity index (χ2n) is 7.02. The lowest BCUT2D eigenvalue weighted by atomic mass is 9.95. The van der Waals surface area contributed by atoms with Crippen molar-refractivity contribution in [1.29, 1.82) is 0 Å². The molecular weight excluding hydrogens is 412 g/mol. The highest BCUT2D eigenvalue weighted by molar-refractivity contribution is 6.31. The monoisotopic (exact) mass is 432 g/mol. The predicted octanol–water partition coefficient (Wildman–Crippen LogP) is 5.64. The maximum atomic E-state index is 13.5. The number of nitrogens with zero attached hydrogens (tertiary/aromatic N) is 2. The average Bonchev–Trinajstić information content (AvgIpc) is 2.80. The van der Waals surface area contributed by atoms with Crippen molar-refractivity contribution in [3.8, 4) is 17.2 Å². The van der Waals surface area contributed by atoms with Crippen LogP contribution in [0.25, 0.3) is 0 Å². The molecule has 5 nitrogen and oxygen atoms in total. The fraction of sp³-hybridized carbons (Fsp3) is 0.120. The molecule has 1 aromatic heterocycles. The standard InChI is InChI=1S/C25H21ClN2O3/c1-17-8-6-7-11-21(17)23(18-9-4-3-5-10-18)28-25(29)24(22(26)16-27-28)31-20-14-12-19(30-2)13-15-20/h3-16,23H,1-2H3. The summed E-state index contributed by atoms with van der Waals surface area (Å²) in [6.45, 7) is 2.01. The van der Waals surface area contributed by atoms with E-state index in [1.165, 1.54) is 10.9 Å². The van der Waals surface area contributed by atoms with Crippen LogP contribution in [0.2, 0.25) is 5.02 Å². The molecule has 1 heterocycles. The van der Waals surface area contributed by atoms with E-state index in [1.807, 2.05) is 61.5 Å². The Balaban J connectivity index is 1.84. The molecule has 6 heteroatoms. The Morgan fingerprint density at radius 3 is 2.23 bits per heavy atom. The largest absolute Gasteiger partial charge is 0.497 e. The van der Waals surface area contributed by atoms with Crippen molar-refractivity contribution in [2.75, 3.05) is 7.11 Å². The van der Waals surface area contributed by atoms with Crippen molar-refractivity contribution < 1.29 is 9.47 Å². The van der Waals surface area contributed by atoms with Gasteiger partial charge in [-0.15, -0.1) is 0 Å². The van der Waals surface area contributed by atoms with Gasteiger partial charge in [0.15, 0.2) is 0 Å². The van der Waals surface area contributed by atoms with E-state index in [-0.39, 0.29) is 10.8 Å². The Morgan fingerprint density at radius 1 is 0.903 bits per heavy atom. The second kappa shape index (κ2) is 9.06. The Morgan fingerprint density at radius 2 is 1.55 bits per heavy atom. The predicted molar refractivity (Wildman–Crippen MR) is 121 cm³/mol. The molecule has 0 fully saturated rings. The van der Waals surface area contributed by atoms with Crippen LogP contribution < -0.4 is 15.0 Å².